The maximum absolute atomic E-state index is 10.4. The van der Waals surface area contributed by atoms with E-state index in [1.54, 1.807) is 12.3 Å². The Morgan fingerprint density at radius 2 is 1.88 bits per heavy atom. The van der Waals surface area contributed by atoms with Crippen LogP contribution in [0.15, 0.2) is 49.2 Å². The Morgan fingerprint density at radius 1 is 1.09 bits per heavy atom. The van der Waals surface area contributed by atoms with Crippen LogP contribution in [0.1, 0.15) is 37.1 Å². The first-order valence-corrected chi connectivity index (χ1v) is 11.5. The number of hydrogen-bond acceptors (Lipinski definition) is 7. The molecule has 0 atom stereocenters. The predicted molar refractivity (Wildman–Crippen MR) is 132 cm³/mol. The highest BCUT2D eigenvalue weighted by Gasteiger charge is 2.19. The SMILES string of the molecule is C=Cc1ccc2cccc(NC=O)c2n1.OC1CCC(NCc2cc3c(cn2)OCCO3)CC1. The minimum absolute atomic E-state index is 0.106. The van der Waals surface area contributed by atoms with Crippen molar-refractivity contribution in [3.05, 3.63) is 60.6 Å². The standard InChI is InChI=1S/C14H20N2O3.C12H10N2O/c17-12-3-1-10(2-4-12)15-8-11-7-13-14(9-16-11)19-6-5-18-13;1-2-10-7-6-9-4-3-5-11(13-8-15)12(9)14-10/h7,9-10,12,15,17H,1-6,8H2;2-8H,1H2,(H,13,15). The quantitative estimate of drug-likeness (QED) is 0.480. The Kier molecular flexibility index (Phi) is 8.06. The van der Waals surface area contributed by atoms with Crippen molar-refractivity contribution in [1.82, 2.24) is 15.3 Å². The molecule has 3 heterocycles. The average Bonchev–Trinajstić information content (AvgIpc) is 2.89. The number of hydrogen-bond donors (Lipinski definition) is 3. The van der Waals surface area contributed by atoms with Gasteiger partial charge in [0, 0.05) is 24.0 Å². The van der Waals surface area contributed by atoms with E-state index in [9.17, 15) is 9.90 Å². The van der Waals surface area contributed by atoms with Crippen LogP contribution in [0.25, 0.3) is 17.0 Å². The molecule has 5 rings (SSSR count). The van der Waals surface area contributed by atoms with Gasteiger partial charge in [-0.05, 0) is 43.9 Å². The number of nitrogens with zero attached hydrogens (tertiary/aromatic N) is 2. The molecule has 34 heavy (non-hydrogen) atoms. The monoisotopic (exact) mass is 462 g/mol. The summed E-state index contributed by atoms with van der Waals surface area (Å²) < 4.78 is 11.0. The van der Waals surface area contributed by atoms with Gasteiger partial charge in [0.2, 0.25) is 6.41 Å². The number of rotatable bonds is 6. The largest absolute Gasteiger partial charge is 0.486 e. The first kappa shape index (κ1) is 23.7. The fourth-order valence-electron chi connectivity index (χ4n) is 4.07. The number of pyridine rings is 2. The fourth-order valence-corrected chi connectivity index (χ4v) is 4.07. The van der Waals surface area contributed by atoms with Crippen LogP contribution in [0.5, 0.6) is 11.5 Å². The number of ether oxygens (including phenoxy) is 2. The molecule has 1 aliphatic carbocycles. The van der Waals surface area contributed by atoms with E-state index in [0.29, 0.717) is 31.4 Å². The van der Waals surface area contributed by atoms with Crippen molar-refractivity contribution < 1.29 is 19.4 Å². The van der Waals surface area contributed by atoms with E-state index in [2.05, 4.69) is 27.2 Å². The summed E-state index contributed by atoms with van der Waals surface area (Å²) in [7, 11) is 0. The number of fused-ring (bicyclic) bond motifs is 2. The van der Waals surface area contributed by atoms with Crippen molar-refractivity contribution in [2.24, 2.45) is 0 Å². The second-order valence-electron chi connectivity index (χ2n) is 8.29. The van der Waals surface area contributed by atoms with Gasteiger partial charge in [0.1, 0.15) is 13.2 Å². The molecular formula is C26H30N4O4. The Bertz CT molecular complexity index is 1130. The maximum atomic E-state index is 10.4. The number of amides is 1. The van der Waals surface area contributed by atoms with Crippen LogP contribution in [0.4, 0.5) is 5.69 Å². The maximum Gasteiger partial charge on any atom is 0.211 e. The van der Waals surface area contributed by atoms with Gasteiger partial charge in [-0.2, -0.15) is 0 Å². The summed E-state index contributed by atoms with van der Waals surface area (Å²) in [5.74, 6) is 1.52. The molecule has 0 spiro atoms. The molecule has 0 unspecified atom stereocenters. The lowest BCUT2D eigenvalue weighted by molar-refractivity contribution is -0.105. The number of aromatic nitrogens is 2. The molecule has 1 aliphatic heterocycles. The number of benzene rings is 1. The van der Waals surface area contributed by atoms with Crippen LogP contribution in [-0.4, -0.2) is 46.8 Å². The third-order valence-corrected chi connectivity index (χ3v) is 5.92. The van der Waals surface area contributed by atoms with Gasteiger partial charge in [0.25, 0.3) is 0 Å². The normalized spacial score (nSPS) is 19.0. The molecule has 8 nitrogen and oxygen atoms in total. The second-order valence-corrected chi connectivity index (χ2v) is 8.29. The number of aliphatic hydroxyl groups excluding tert-OH is 1. The summed E-state index contributed by atoms with van der Waals surface area (Å²) in [5.41, 5.74) is 3.26. The zero-order chi connectivity index (χ0) is 23.8. The van der Waals surface area contributed by atoms with Crippen molar-refractivity contribution in [2.75, 3.05) is 18.5 Å². The van der Waals surface area contributed by atoms with E-state index >= 15 is 0 Å². The van der Waals surface area contributed by atoms with Gasteiger partial charge in [0.05, 0.1) is 34.9 Å². The minimum atomic E-state index is -0.106. The lowest BCUT2D eigenvalue weighted by Gasteiger charge is -2.26. The van der Waals surface area contributed by atoms with Crippen molar-refractivity contribution in [3.63, 3.8) is 0 Å². The zero-order valence-electron chi connectivity index (χ0n) is 19.1. The van der Waals surface area contributed by atoms with Gasteiger partial charge in [-0.1, -0.05) is 24.8 Å². The van der Waals surface area contributed by atoms with Crippen LogP contribution in [0, 0.1) is 0 Å². The number of aliphatic hydroxyl groups is 1. The van der Waals surface area contributed by atoms with Crippen molar-refractivity contribution in [1.29, 1.82) is 0 Å². The molecule has 1 fully saturated rings. The van der Waals surface area contributed by atoms with Crippen LogP contribution < -0.4 is 20.1 Å². The van der Waals surface area contributed by atoms with Gasteiger partial charge in [-0.25, -0.2) is 4.98 Å². The molecule has 2 aromatic heterocycles. The Morgan fingerprint density at radius 3 is 2.65 bits per heavy atom. The predicted octanol–water partition coefficient (Wildman–Crippen LogP) is 3.69. The van der Waals surface area contributed by atoms with E-state index in [1.807, 2.05) is 36.4 Å². The van der Waals surface area contributed by atoms with Crippen molar-refractivity contribution in [2.45, 2.75) is 44.4 Å². The molecule has 3 aromatic rings. The fraction of sp³-hybridized carbons (Fsp3) is 0.346. The summed E-state index contributed by atoms with van der Waals surface area (Å²) in [5, 5.41) is 16.6. The van der Waals surface area contributed by atoms with E-state index in [1.165, 1.54) is 0 Å². The number of carbonyl (C=O) groups excluding carboxylic acids is 1. The summed E-state index contributed by atoms with van der Waals surface area (Å²) in [4.78, 5) is 19.2. The third-order valence-electron chi connectivity index (χ3n) is 5.92. The van der Waals surface area contributed by atoms with Crippen LogP contribution >= 0.6 is 0 Å². The van der Waals surface area contributed by atoms with E-state index in [4.69, 9.17) is 9.47 Å². The van der Waals surface area contributed by atoms with Gasteiger partial charge in [0.15, 0.2) is 11.5 Å². The molecule has 178 valence electrons. The van der Waals surface area contributed by atoms with Gasteiger partial charge in [-0.3, -0.25) is 9.78 Å². The second kappa shape index (κ2) is 11.6. The van der Waals surface area contributed by atoms with E-state index < -0.39 is 0 Å². The van der Waals surface area contributed by atoms with Crippen LogP contribution in [0.3, 0.4) is 0 Å². The van der Waals surface area contributed by atoms with Gasteiger partial charge < -0.3 is 25.2 Å². The molecule has 0 radical (unpaired) electrons. The summed E-state index contributed by atoms with van der Waals surface area (Å²) in [6, 6.07) is 11.9. The highest BCUT2D eigenvalue weighted by atomic mass is 16.6. The van der Waals surface area contributed by atoms with E-state index in [0.717, 1.165) is 66.0 Å². The number of nitrogens with one attached hydrogen (secondary N) is 2. The number of para-hydroxylation sites is 1. The summed E-state index contributed by atoms with van der Waals surface area (Å²) >= 11 is 0. The highest BCUT2D eigenvalue weighted by Crippen LogP contribution is 2.29. The molecule has 1 aromatic carbocycles. The average molecular weight is 463 g/mol. The first-order chi connectivity index (χ1) is 16.7. The van der Waals surface area contributed by atoms with E-state index in [-0.39, 0.29) is 6.10 Å². The summed E-state index contributed by atoms with van der Waals surface area (Å²) in [6.45, 7) is 5.59. The van der Waals surface area contributed by atoms with Crippen LogP contribution in [0.2, 0.25) is 0 Å². The summed E-state index contributed by atoms with van der Waals surface area (Å²) in [6.07, 6.45) is 7.81. The topological polar surface area (TPSA) is 106 Å². The lowest BCUT2D eigenvalue weighted by Crippen LogP contribution is -2.34. The zero-order valence-corrected chi connectivity index (χ0v) is 19.1. The first-order valence-electron chi connectivity index (χ1n) is 11.5. The Balaban J connectivity index is 0.000000166. The van der Waals surface area contributed by atoms with Gasteiger partial charge >= 0.3 is 0 Å². The molecule has 1 amide bonds. The molecule has 2 aliphatic rings. The Labute approximate surface area is 199 Å². The number of anilines is 1. The molecular weight excluding hydrogens is 432 g/mol. The highest BCUT2D eigenvalue weighted by molar-refractivity contribution is 5.94. The molecule has 0 bridgehead atoms. The third kappa shape index (κ3) is 6.09. The van der Waals surface area contributed by atoms with Crippen molar-refractivity contribution >= 4 is 29.1 Å². The van der Waals surface area contributed by atoms with Crippen molar-refractivity contribution in [3.8, 4) is 11.5 Å². The van der Waals surface area contributed by atoms with Crippen LogP contribution in [-0.2, 0) is 11.3 Å². The Hall–Kier alpha value is -3.49. The van der Waals surface area contributed by atoms with Gasteiger partial charge in [-0.15, -0.1) is 0 Å². The molecule has 1 saturated carbocycles. The lowest BCUT2D eigenvalue weighted by atomic mass is 9.93. The number of carbonyl (C=O) groups is 1. The molecule has 8 heteroatoms. The molecule has 3 N–H and O–H groups in total. The molecule has 0 saturated heterocycles. The smallest absolute Gasteiger partial charge is 0.211 e. The minimum Gasteiger partial charge on any atom is -0.486 e.